The van der Waals surface area contributed by atoms with Crippen LogP contribution in [0.2, 0.25) is 0 Å². The van der Waals surface area contributed by atoms with Crippen molar-refractivity contribution < 1.29 is 4.74 Å². The van der Waals surface area contributed by atoms with Crippen molar-refractivity contribution in [2.45, 2.75) is 19.3 Å². The Labute approximate surface area is 61.5 Å². The standard InChI is InChI=1S/C6H11NO.ClH/c1-8-6(7)5-3-2-4-5;/h5,7H,2-4H2,1H3;1H. The van der Waals surface area contributed by atoms with Gasteiger partial charge in [0, 0.05) is 5.92 Å². The second-order valence-corrected chi connectivity index (χ2v) is 2.20. The summed E-state index contributed by atoms with van der Waals surface area (Å²) in [6.45, 7) is 0. The fourth-order valence-electron chi connectivity index (χ4n) is 0.837. The van der Waals surface area contributed by atoms with Gasteiger partial charge in [-0.05, 0) is 12.8 Å². The molecule has 0 spiro atoms. The highest BCUT2D eigenvalue weighted by Crippen LogP contribution is 2.27. The molecule has 1 rings (SSSR count). The van der Waals surface area contributed by atoms with Crippen LogP contribution in [0.15, 0.2) is 0 Å². The Bertz CT molecular complexity index is 101. The average molecular weight is 150 g/mol. The Morgan fingerprint density at radius 1 is 1.56 bits per heavy atom. The smallest absolute Gasteiger partial charge is 0.183 e. The first-order valence-electron chi connectivity index (χ1n) is 2.97. The molecule has 0 aromatic carbocycles. The predicted molar refractivity (Wildman–Crippen MR) is 39.3 cm³/mol. The van der Waals surface area contributed by atoms with E-state index < -0.39 is 0 Å². The molecule has 9 heavy (non-hydrogen) atoms. The van der Waals surface area contributed by atoms with Crippen molar-refractivity contribution in [1.82, 2.24) is 0 Å². The van der Waals surface area contributed by atoms with Gasteiger partial charge in [-0.1, -0.05) is 6.42 Å². The van der Waals surface area contributed by atoms with Gasteiger partial charge in [0.05, 0.1) is 7.11 Å². The summed E-state index contributed by atoms with van der Waals surface area (Å²) < 4.78 is 4.74. The van der Waals surface area contributed by atoms with E-state index in [-0.39, 0.29) is 12.4 Å². The van der Waals surface area contributed by atoms with E-state index in [2.05, 4.69) is 0 Å². The third-order valence-electron chi connectivity index (χ3n) is 1.70. The van der Waals surface area contributed by atoms with Gasteiger partial charge in [0.2, 0.25) is 0 Å². The summed E-state index contributed by atoms with van der Waals surface area (Å²) in [6, 6.07) is 0. The summed E-state index contributed by atoms with van der Waals surface area (Å²) in [5, 5.41) is 7.17. The third kappa shape index (κ3) is 1.86. The normalized spacial score (nSPS) is 17.4. The molecule has 0 heterocycles. The highest BCUT2D eigenvalue weighted by atomic mass is 35.5. The minimum atomic E-state index is 0. The molecule has 0 atom stereocenters. The third-order valence-corrected chi connectivity index (χ3v) is 1.70. The lowest BCUT2D eigenvalue weighted by atomic mass is 9.85. The second-order valence-electron chi connectivity index (χ2n) is 2.20. The van der Waals surface area contributed by atoms with Crippen LogP contribution in [-0.2, 0) is 4.74 Å². The van der Waals surface area contributed by atoms with Gasteiger partial charge in [-0.2, -0.15) is 0 Å². The van der Waals surface area contributed by atoms with Crippen molar-refractivity contribution in [3.8, 4) is 0 Å². The van der Waals surface area contributed by atoms with Crippen LogP contribution in [0.3, 0.4) is 0 Å². The summed E-state index contributed by atoms with van der Waals surface area (Å²) in [5.41, 5.74) is 0. The summed E-state index contributed by atoms with van der Waals surface area (Å²) in [7, 11) is 1.57. The van der Waals surface area contributed by atoms with Crippen molar-refractivity contribution in [2.24, 2.45) is 5.92 Å². The Balaban J connectivity index is 0.000000640. The molecule has 0 bridgehead atoms. The lowest BCUT2D eigenvalue weighted by Crippen LogP contribution is -2.22. The first-order chi connectivity index (χ1) is 3.84. The van der Waals surface area contributed by atoms with E-state index in [1.165, 1.54) is 6.42 Å². The molecule has 2 nitrogen and oxygen atoms in total. The van der Waals surface area contributed by atoms with Crippen molar-refractivity contribution in [2.75, 3.05) is 7.11 Å². The molecule has 1 aliphatic carbocycles. The molecule has 0 radical (unpaired) electrons. The monoisotopic (exact) mass is 149 g/mol. The number of ether oxygens (including phenoxy) is 1. The molecule has 1 aliphatic rings. The SMILES string of the molecule is COC(=N)C1CCC1.Cl. The summed E-state index contributed by atoms with van der Waals surface area (Å²) in [5.74, 6) is 0.927. The number of nitrogens with one attached hydrogen (secondary N) is 1. The summed E-state index contributed by atoms with van der Waals surface area (Å²) >= 11 is 0. The fraction of sp³-hybridized carbons (Fsp3) is 0.833. The summed E-state index contributed by atoms with van der Waals surface area (Å²) in [6.07, 6.45) is 3.59. The second kappa shape index (κ2) is 3.72. The van der Waals surface area contributed by atoms with Crippen LogP contribution >= 0.6 is 12.4 Å². The Kier molecular flexibility index (Phi) is 3.62. The maximum Gasteiger partial charge on any atom is 0.183 e. The van der Waals surface area contributed by atoms with Crippen LogP contribution in [0.25, 0.3) is 0 Å². The first-order valence-corrected chi connectivity index (χ1v) is 2.97. The van der Waals surface area contributed by atoms with E-state index in [0.29, 0.717) is 11.8 Å². The van der Waals surface area contributed by atoms with Gasteiger partial charge in [0.1, 0.15) is 0 Å². The van der Waals surface area contributed by atoms with Crippen molar-refractivity contribution >= 4 is 18.3 Å². The van der Waals surface area contributed by atoms with Crippen LogP contribution in [0.4, 0.5) is 0 Å². The fourth-order valence-corrected chi connectivity index (χ4v) is 0.837. The van der Waals surface area contributed by atoms with E-state index >= 15 is 0 Å². The van der Waals surface area contributed by atoms with E-state index in [4.69, 9.17) is 10.1 Å². The maximum absolute atomic E-state index is 7.17. The van der Waals surface area contributed by atoms with Gasteiger partial charge in [-0.25, -0.2) is 0 Å². The molecule has 3 heteroatoms. The van der Waals surface area contributed by atoms with Gasteiger partial charge < -0.3 is 4.74 Å². The van der Waals surface area contributed by atoms with Crippen LogP contribution in [0.1, 0.15) is 19.3 Å². The van der Waals surface area contributed by atoms with Crippen molar-refractivity contribution in [3.63, 3.8) is 0 Å². The lowest BCUT2D eigenvalue weighted by molar-refractivity contribution is 0.302. The number of methoxy groups -OCH3 is 1. The van der Waals surface area contributed by atoms with Gasteiger partial charge in [-0.3, -0.25) is 5.41 Å². The van der Waals surface area contributed by atoms with Gasteiger partial charge >= 0.3 is 0 Å². The van der Waals surface area contributed by atoms with E-state index in [1.54, 1.807) is 7.11 Å². The minimum absolute atomic E-state index is 0. The van der Waals surface area contributed by atoms with Crippen LogP contribution in [0, 0.1) is 11.3 Å². The highest BCUT2D eigenvalue weighted by molar-refractivity contribution is 5.85. The molecular formula is C6H12ClNO. The average Bonchev–Trinajstić information content (AvgIpc) is 1.62. The molecule has 0 aromatic heterocycles. The Morgan fingerprint density at radius 3 is 2.22 bits per heavy atom. The lowest BCUT2D eigenvalue weighted by Gasteiger charge is -2.24. The number of hydrogen-bond donors (Lipinski definition) is 1. The van der Waals surface area contributed by atoms with E-state index in [1.807, 2.05) is 0 Å². The Morgan fingerprint density at radius 2 is 2.11 bits per heavy atom. The van der Waals surface area contributed by atoms with Gasteiger partial charge in [0.25, 0.3) is 0 Å². The van der Waals surface area contributed by atoms with Crippen molar-refractivity contribution in [3.05, 3.63) is 0 Å². The van der Waals surface area contributed by atoms with Crippen molar-refractivity contribution in [1.29, 1.82) is 5.41 Å². The van der Waals surface area contributed by atoms with E-state index in [9.17, 15) is 0 Å². The summed E-state index contributed by atoms with van der Waals surface area (Å²) in [4.78, 5) is 0. The molecule has 0 saturated heterocycles. The zero-order valence-corrected chi connectivity index (χ0v) is 6.33. The maximum atomic E-state index is 7.17. The molecular weight excluding hydrogens is 138 g/mol. The molecule has 0 unspecified atom stereocenters. The molecule has 0 amide bonds. The van der Waals surface area contributed by atoms with E-state index in [0.717, 1.165) is 12.8 Å². The largest absolute Gasteiger partial charge is 0.484 e. The highest BCUT2D eigenvalue weighted by Gasteiger charge is 2.22. The molecule has 1 fully saturated rings. The molecule has 1 saturated carbocycles. The van der Waals surface area contributed by atoms with Gasteiger partial charge in [-0.15, -0.1) is 12.4 Å². The molecule has 1 N–H and O–H groups in total. The van der Waals surface area contributed by atoms with Crippen LogP contribution < -0.4 is 0 Å². The minimum Gasteiger partial charge on any atom is -0.484 e. The van der Waals surface area contributed by atoms with Crippen LogP contribution in [-0.4, -0.2) is 13.0 Å². The zero-order chi connectivity index (χ0) is 5.98. The van der Waals surface area contributed by atoms with Gasteiger partial charge in [0.15, 0.2) is 5.90 Å². The molecule has 54 valence electrons. The number of halogens is 1. The molecule has 0 aromatic rings. The quantitative estimate of drug-likeness (QED) is 0.448. The topological polar surface area (TPSA) is 33.1 Å². The first kappa shape index (κ1) is 8.76. The Hall–Kier alpha value is -0.240. The predicted octanol–water partition coefficient (Wildman–Crippen LogP) is 1.83. The molecule has 0 aliphatic heterocycles. The number of hydrogen-bond acceptors (Lipinski definition) is 2. The van der Waals surface area contributed by atoms with Crippen LogP contribution in [0.5, 0.6) is 0 Å². The number of rotatable bonds is 1. The zero-order valence-electron chi connectivity index (χ0n) is 5.52.